The zero-order valence-corrected chi connectivity index (χ0v) is 10.7. The fourth-order valence-corrected chi connectivity index (χ4v) is 2.00. The number of benzene rings is 1. The smallest absolute Gasteiger partial charge is 0.284 e. The first-order valence-electron chi connectivity index (χ1n) is 5.02. The zero-order valence-electron chi connectivity index (χ0n) is 9.89. The van der Waals surface area contributed by atoms with Crippen LogP contribution >= 0.6 is 11.8 Å². The lowest BCUT2D eigenvalue weighted by molar-refractivity contribution is -0.385. The number of amides is 1. The molecule has 5 nitrogen and oxygen atoms in total. The van der Waals surface area contributed by atoms with Crippen molar-refractivity contribution in [1.29, 1.82) is 0 Å². The van der Waals surface area contributed by atoms with E-state index in [2.05, 4.69) is 5.32 Å². The van der Waals surface area contributed by atoms with Crippen molar-refractivity contribution in [3.8, 4) is 0 Å². The van der Waals surface area contributed by atoms with E-state index >= 15 is 0 Å². The maximum atomic E-state index is 11.6. The van der Waals surface area contributed by atoms with Crippen molar-refractivity contribution in [1.82, 2.24) is 5.32 Å². The summed E-state index contributed by atoms with van der Waals surface area (Å²) in [5, 5.41) is 13.1. The van der Waals surface area contributed by atoms with E-state index in [9.17, 15) is 14.9 Å². The van der Waals surface area contributed by atoms with Crippen molar-refractivity contribution in [2.45, 2.75) is 31.2 Å². The molecule has 0 bridgehead atoms. The summed E-state index contributed by atoms with van der Waals surface area (Å²) >= 11 is 0.948. The Labute approximate surface area is 104 Å². The number of nitrogens with one attached hydrogen (secondary N) is 1. The van der Waals surface area contributed by atoms with Crippen LogP contribution in [0.25, 0.3) is 0 Å². The second-order valence-corrected chi connectivity index (χ2v) is 5.57. The number of nitro groups is 1. The van der Waals surface area contributed by atoms with Crippen molar-refractivity contribution >= 4 is 22.7 Å². The molecule has 0 unspecified atom stereocenters. The zero-order chi connectivity index (χ0) is 13.1. The monoisotopic (exact) mass is 254 g/mol. The number of nitrogens with zero attached hydrogens (tertiary/aromatic N) is 1. The van der Waals surface area contributed by atoms with Gasteiger partial charge in [0.05, 0.1) is 4.92 Å². The molecule has 6 heteroatoms. The highest BCUT2D eigenvalue weighted by molar-refractivity contribution is 8.13. The van der Waals surface area contributed by atoms with Gasteiger partial charge < -0.3 is 5.32 Å². The molecule has 1 amide bonds. The Morgan fingerprint density at radius 3 is 2.59 bits per heavy atom. The molecule has 1 rings (SSSR count). The summed E-state index contributed by atoms with van der Waals surface area (Å²) in [5.41, 5.74) is -0.330. The van der Waals surface area contributed by atoms with Gasteiger partial charge in [-0.2, -0.15) is 0 Å². The molecule has 0 fully saturated rings. The molecule has 0 aromatic heterocycles. The normalized spacial score (nSPS) is 11.0. The van der Waals surface area contributed by atoms with Crippen LogP contribution in [0.2, 0.25) is 0 Å². The Hall–Kier alpha value is -1.56. The molecule has 0 saturated carbocycles. The van der Waals surface area contributed by atoms with Crippen LogP contribution in [0, 0.1) is 10.1 Å². The molecule has 0 spiro atoms. The lowest BCUT2D eigenvalue weighted by Crippen LogP contribution is -2.38. The van der Waals surface area contributed by atoms with Crippen LogP contribution in [0.15, 0.2) is 29.2 Å². The lowest BCUT2D eigenvalue weighted by atomic mass is 10.1. The van der Waals surface area contributed by atoms with Crippen molar-refractivity contribution in [2.24, 2.45) is 0 Å². The quantitative estimate of drug-likeness (QED) is 0.499. The molecule has 92 valence electrons. The Balaban J connectivity index is 2.72. The minimum atomic E-state index is -0.480. The van der Waals surface area contributed by atoms with E-state index in [1.165, 1.54) is 12.1 Å². The molecule has 0 aliphatic heterocycles. The number of non-ortho nitro benzene ring substituents is 1. The largest absolute Gasteiger partial charge is 0.342 e. The third-order valence-electron chi connectivity index (χ3n) is 1.72. The summed E-state index contributed by atoms with van der Waals surface area (Å²) in [5.74, 6) is 0. The third kappa shape index (κ3) is 4.86. The van der Waals surface area contributed by atoms with Gasteiger partial charge in [0.15, 0.2) is 0 Å². The van der Waals surface area contributed by atoms with Gasteiger partial charge in [0.1, 0.15) is 0 Å². The summed E-state index contributed by atoms with van der Waals surface area (Å²) < 4.78 is 0. The lowest BCUT2D eigenvalue weighted by Gasteiger charge is -2.19. The van der Waals surface area contributed by atoms with Gasteiger partial charge >= 0.3 is 0 Å². The predicted octanol–water partition coefficient (Wildman–Crippen LogP) is 3.20. The van der Waals surface area contributed by atoms with E-state index in [1.54, 1.807) is 12.1 Å². The topological polar surface area (TPSA) is 72.2 Å². The molecule has 0 heterocycles. The molecule has 1 N–H and O–H groups in total. The molecular weight excluding hydrogens is 240 g/mol. The van der Waals surface area contributed by atoms with Crippen molar-refractivity contribution in [2.75, 3.05) is 0 Å². The molecule has 0 atom stereocenters. The second-order valence-electron chi connectivity index (χ2n) is 4.52. The number of rotatable bonds is 2. The van der Waals surface area contributed by atoms with Crippen LogP contribution in [-0.2, 0) is 0 Å². The molecule has 17 heavy (non-hydrogen) atoms. The summed E-state index contributed by atoms with van der Waals surface area (Å²) in [7, 11) is 0. The van der Waals surface area contributed by atoms with Crippen molar-refractivity contribution in [3.63, 3.8) is 0 Å². The van der Waals surface area contributed by atoms with E-state index in [0.717, 1.165) is 11.8 Å². The maximum Gasteiger partial charge on any atom is 0.284 e. The van der Waals surface area contributed by atoms with Gasteiger partial charge in [0.2, 0.25) is 0 Å². The number of nitro benzene ring substituents is 1. The first-order chi connectivity index (χ1) is 7.78. The minimum Gasteiger partial charge on any atom is -0.342 e. The fraction of sp³-hybridized carbons (Fsp3) is 0.364. The van der Waals surface area contributed by atoms with E-state index in [4.69, 9.17) is 0 Å². The van der Waals surface area contributed by atoms with Gasteiger partial charge in [-0.25, -0.2) is 0 Å². The molecule has 0 radical (unpaired) electrons. The first kappa shape index (κ1) is 13.5. The van der Waals surface area contributed by atoms with Gasteiger partial charge in [0.25, 0.3) is 10.9 Å². The van der Waals surface area contributed by atoms with Gasteiger partial charge in [0, 0.05) is 22.6 Å². The highest BCUT2D eigenvalue weighted by Gasteiger charge is 2.15. The summed E-state index contributed by atoms with van der Waals surface area (Å²) in [6.07, 6.45) is 0. The first-order valence-corrected chi connectivity index (χ1v) is 5.84. The maximum absolute atomic E-state index is 11.6. The Morgan fingerprint density at radius 2 is 2.06 bits per heavy atom. The van der Waals surface area contributed by atoms with E-state index in [1.807, 2.05) is 20.8 Å². The molecule has 1 aromatic rings. The number of carbonyl (C=O) groups excluding carboxylic acids is 1. The summed E-state index contributed by atoms with van der Waals surface area (Å²) in [6, 6.07) is 6.00. The van der Waals surface area contributed by atoms with Crippen molar-refractivity contribution < 1.29 is 9.72 Å². The van der Waals surface area contributed by atoms with Gasteiger partial charge in [-0.05, 0) is 38.6 Å². The third-order valence-corrected chi connectivity index (χ3v) is 2.49. The number of hydrogen-bond donors (Lipinski definition) is 1. The Kier molecular flexibility index (Phi) is 4.11. The highest BCUT2D eigenvalue weighted by Crippen LogP contribution is 2.23. The summed E-state index contributed by atoms with van der Waals surface area (Å²) in [4.78, 5) is 22.2. The van der Waals surface area contributed by atoms with E-state index < -0.39 is 4.92 Å². The van der Waals surface area contributed by atoms with Gasteiger partial charge in [-0.15, -0.1) is 0 Å². The second kappa shape index (κ2) is 5.18. The van der Waals surface area contributed by atoms with Crippen LogP contribution < -0.4 is 5.32 Å². The molecule has 0 aliphatic rings. The van der Waals surface area contributed by atoms with E-state index in [-0.39, 0.29) is 16.5 Å². The average molecular weight is 254 g/mol. The predicted molar refractivity (Wildman–Crippen MR) is 67.2 cm³/mol. The van der Waals surface area contributed by atoms with E-state index in [0.29, 0.717) is 4.90 Å². The standard InChI is InChI=1S/C11H14N2O3S/c1-11(2,3)12-10(14)17-9-6-4-5-8(7-9)13(15)16/h4-7H,1-3H3,(H,12,14). The minimum absolute atomic E-state index is 0.0152. The van der Waals surface area contributed by atoms with Crippen LogP contribution in [0.4, 0.5) is 10.5 Å². The number of thioether (sulfide) groups is 1. The molecule has 0 aliphatic carbocycles. The van der Waals surface area contributed by atoms with Crippen molar-refractivity contribution in [3.05, 3.63) is 34.4 Å². The fourth-order valence-electron chi connectivity index (χ4n) is 1.10. The highest BCUT2D eigenvalue weighted by atomic mass is 32.2. The Bertz CT molecular complexity index is 441. The van der Waals surface area contributed by atoms with Crippen LogP contribution in [0.1, 0.15) is 20.8 Å². The van der Waals surface area contributed by atoms with Crippen LogP contribution in [-0.4, -0.2) is 15.7 Å². The summed E-state index contributed by atoms with van der Waals surface area (Å²) in [6.45, 7) is 5.62. The number of hydrogen-bond acceptors (Lipinski definition) is 4. The Morgan fingerprint density at radius 1 is 1.41 bits per heavy atom. The number of carbonyl (C=O) groups is 1. The molecule has 1 aromatic carbocycles. The molecule has 0 saturated heterocycles. The van der Waals surface area contributed by atoms with Gasteiger partial charge in [-0.3, -0.25) is 14.9 Å². The van der Waals surface area contributed by atoms with Crippen LogP contribution in [0.5, 0.6) is 0 Å². The van der Waals surface area contributed by atoms with Crippen LogP contribution in [0.3, 0.4) is 0 Å². The SMILES string of the molecule is CC(C)(C)NC(=O)Sc1cccc([N+](=O)[O-])c1. The molecular formula is C11H14N2O3S. The van der Waals surface area contributed by atoms with Gasteiger partial charge in [-0.1, -0.05) is 6.07 Å². The average Bonchev–Trinajstić information content (AvgIpc) is 2.14.